The highest BCUT2D eigenvalue weighted by Gasteiger charge is 2.55. The molecule has 3 heterocycles. The van der Waals surface area contributed by atoms with Crippen molar-refractivity contribution in [2.75, 3.05) is 12.0 Å². The van der Waals surface area contributed by atoms with Crippen molar-refractivity contribution in [3.05, 3.63) is 58.9 Å². The smallest absolute Gasteiger partial charge is 0.263 e. The first-order valence-corrected chi connectivity index (χ1v) is 10.1. The van der Waals surface area contributed by atoms with Gasteiger partial charge in [0.25, 0.3) is 11.8 Å². The number of aromatic nitrogens is 2. The number of halogens is 1. The van der Waals surface area contributed by atoms with Crippen LogP contribution in [0.2, 0.25) is 0 Å². The Balaban J connectivity index is 1.34. The Morgan fingerprint density at radius 3 is 2.52 bits per heavy atom. The highest BCUT2D eigenvalue weighted by Crippen LogP contribution is 2.33. The van der Waals surface area contributed by atoms with Crippen LogP contribution >= 0.6 is 15.9 Å². The van der Waals surface area contributed by atoms with Gasteiger partial charge in [0, 0.05) is 10.0 Å². The first kappa shape index (κ1) is 19.4. The number of fused-ring (bicyclic) bond motifs is 1. The number of imide groups is 1. The summed E-state index contributed by atoms with van der Waals surface area (Å²) in [5.41, 5.74) is 1.24. The van der Waals surface area contributed by atoms with E-state index < -0.39 is 23.9 Å². The number of hydrogen-bond donors (Lipinski definition) is 0. The highest BCUT2D eigenvalue weighted by atomic mass is 79.9. The molecule has 11 heteroatoms. The topological polar surface area (TPSA) is 113 Å². The van der Waals surface area contributed by atoms with E-state index in [0.29, 0.717) is 17.3 Å². The zero-order valence-electron chi connectivity index (χ0n) is 16.2. The summed E-state index contributed by atoms with van der Waals surface area (Å²) in [5, 5.41) is 13.4. The fourth-order valence-electron chi connectivity index (χ4n) is 3.51. The third-order valence-corrected chi connectivity index (χ3v) is 5.58. The number of benzene rings is 2. The van der Waals surface area contributed by atoms with Crippen molar-refractivity contribution in [3.8, 4) is 17.1 Å². The summed E-state index contributed by atoms with van der Waals surface area (Å²) in [5.74, 6) is 0.483. The van der Waals surface area contributed by atoms with Crippen molar-refractivity contribution in [3.63, 3.8) is 0 Å². The van der Waals surface area contributed by atoms with E-state index in [1.807, 2.05) is 24.3 Å². The Kier molecular flexibility index (Phi) is 4.74. The first-order valence-electron chi connectivity index (χ1n) is 9.33. The lowest BCUT2D eigenvalue weighted by molar-refractivity contribution is -0.123. The largest absolute Gasteiger partial charge is 0.497 e. The molecule has 156 valence electrons. The van der Waals surface area contributed by atoms with Gasteiger partial charge in [0.15, 0.2) is 12.1 Å². The Hall–Kier alpha value is -3.60. The van der Waals surface area contributed by atoms with Crippen molar-refractivity contribution in [2.45, 2.75) is 18.6 Å². The van der Waals surface area contributed by atoms with E-state index in [1.54, 1.807) is 31.4 Å². The molecule has 3 aromatic rings. The molecule has 2 aromatic carbocycles. The molecule has 0 N–H and O–H groups in total. The molecule has 2 amide bonds. The summed E-state index contributed by atoms with van der Waals surface area (Å²) >= 11 is 3.38. The van der Waals surface area contributed by atoms with Crippen molar-refractivity contribution < 1.29 is 18.8 Å². The number of methoxy groups -OCH3 is 1. The van der Waals surface area contributed by atoms with Crippen LogP contribution in [0.4, 0.5) is 5.69 Å². The highest BCUT2D eigenvalue weighted by molar-refractivity contribution is 9.10. The fraction of sp³-hybridized carbons (Fsp3) is 0.200. The molecule has 0 aliphatic carbocycles. The number of anilines is 1. The molecular formula is C20H15BrN6O4. The maximum atomic E-state index is 13.1. The van der Waals surface area contributed by atoms with Gasteiger partial charge in [0.1, 0.15) is 12.3 Å². The van der Waals surface area contributed by atoms with Crippen molar-refractivity contribution in [1.29, 1.82) is 0 Å². The fourth-order valence-corrected chi connectivity index (χ4v) is 3.78. The molecule has 0 radical (unpaired) electrons. The van der Waals surface area contributed by atoms with E-state index in [4.69, 9.17) is 9.26 Å². The quantitative estimate of drug-likeness (QED) is 0.513. The molecule has 2 aliphatic rings. The van der Waals surface area contributed by atoms with Gasteiger partial charge in [0.2, 0.25) is 11.7 Å². The molecule has 1 aromatic heterocycles. The number of nitrogens with zero attached hydrogens (tertiary/aromatic N) is 6. The summed E-state index contributed by atoms with van der Waals surface area (Å²) < 4.78 is 11.4. The number of hydrogen-bond acceptors (Lipinski definition) is 9. The van der Waals surface area contributed by atoms with E-state index in [9.17, 15) is 9.59 Å². The molecule has 5 rings (SSSR count). The average molecular weight is 483 g/mol. The van der Waals surface area contributed by atoms with Crippen molar-refractivity contribution in [1.82, 2.24) is 15.1 Å². The van der Waals surface area contributed by atoms with Crippen LogP contribution in [0.1, 0.15) is 5.89 Å². The lowest BCUT2D eigenvalue weighted by Crippen LogP contribution is -2.39. The van der Waals surface area contributed by atoms with Crippen LogP contribution in [-0.2, 0) is 16.1 Å². The van der Waals surface area contributed by atoms with Gasteiger partial charge in [0.05, 0.1) is 12.8 Å². The SMILES string of the molecule is COc1ccc(N2C(=O)[C@@H]3[C@@H](N=NN3Cc3nc(-c4ccc(Br)cc4)no3)C2=O)cc1. The molecule has 0 spiro atoms. The Morgan fingerprint density at radius 1 is 1.06 bits per heavy atom. The zero-order valence-corrected chi connectivity index (χ0v) is 17.8. The zero-order chi connectivity index (χ0) is 21.5. The van der Waals surface area contributed by atoms with E-state index in [2.05, 4.69) is 36.4 Å². The molecule has 1 fully saturated rings. The molecule has 0 unspecified atom stereocenters. The van der Waals surface area contributed by atoms with E-state index in [1.165, 1.54) is 5.01 Å². The van der Waals surface area contributed by atoms with Crippen LogP contribution in [0.25, 0.3) is 11.4 Å². The lowest BCUT2D eigenvalue weighted by Gasteiger charge is -2.19. The van der Waals surface area contributed by atoms with Gasteiger partial charge in [-0.1, -0.05) is 26.3 Å². The van der Waals surface area contributed by atoms with Crippen LogP contribution in [-0.4, -0.2) is 46.2 Å². The molecule has 1 saturated heterocycles. The molecule has 0 saturated carbocycles. The van der Waals surface area contributed by atoms with E-state index in [-0.39, 0.29) is 12.4 Å². The minimum atomic E-state index is -0.900. The minimum Gasteiger partial charge on any atom is -0.497 e. The van der Waals surface area contributed by atoms with Crippen LogP contribution in [0, 0.1) is 0 Å². The summed E-state index contributed by atoms with van der Waals surface area (Å²) in [4.78, 5) is 31.4. The maximum Gasteiger partial charge on any atom is 0.263 e. The third kappa shape index (κ3) is 3.36. The van der Waals surface area contributed by atoms with Gasteiger partial charge in [-0.15, -0.1) is 0 Å². The van der Waals surface area contributed by atoms with Crippen LogP contribution < -0.4 is 9.64 Å². The van der Waals surface area contributed by atoms with E-state index >= 15 is 0 Å². The van der Waals surface area contributed by atoms with Gasteiger partial charge in [-0.3, -0.25) is 14.6 Å². The van der Waals surface area contributed by atoms with Gasteiger partial charge >= 0.3 is 0 Å². The second-order valence-corrected chi connectivity index (χ2v) is 7.84. The molecule has 31 heavy (non-hydrogen) atoms. The van der Waals surface area contributed by atoms with Crippen molar-refractivity contribution >= 4 is 33.4 Å². The van der Waals surface area contributed by atoms with Gasteiger partial charge < -0.3 is 9.26 Å². The first-order chi connectivity index (χ1) is 15.0. The minimum absolute atomic E-state index is 0.0592. The summed E-state index contributed by atoms with van der Waals surface area (Å²) in [6.45, 7) is 0.0592. The predicted molar refractivity (Wildman–Crippen MR) is 111 cm³/mol. The third-order valence-electron chi connectivity index (χ3n) is 5.06. The second-order valence-electron chi connectivity index (χ2n) is 6.92. The normalized spacial score (nSPS) is 19.9. The molecular weight excluding hydrogens is 468 g/mol. The molecule has 2 atom stereocenters. The van der Waals surface area contributed by atoms with Gasteiger partial charge in [-0.25, -0.2) is 4.90 Å². The monoisotopic (exact) mass is 482 g/mol. The standard InChI is InChI=1S/C20H15BrN6O4/c1-30-14-8-6-13(7-9-14)27-19(28)16-17(20(27)29)26(25-23-16)10-15-22-18(24-31-15)11-2-4-12(21)5-3-11/h2-9,16-17H,10H2,1H3/t16-,17+/m1/s1. The summed E-state index contributed by atoms with van der Waals surface area (Å²) in [6, 6.07) is 12.4. The number of rotatable bonds is 5. The molecule has 0 bridgehead atoms. The Bertz CT molecular complexity index is 1180. The average Bonchev–Trinajstić information content (AvgIpc) is 3.47. The molecule has 2 aliphatic heterocycles. The van der Waals surface area contributed by atoms with Gasteiger partial charge in [-0.05, 0) is 48.5 Å². The van der Waals surface area contributed by atoms with Crippen molar-refractivity contribution in [2.24, 2.45) is 10.3 Å². The lowest BCUT2D eigenvalue weighted by atomic mass is 10.1. The van der Waals surface area contributed by atoms with Crippen LogP contribution in [0.3, 0.4) is 0 Å². The second kappa shape index (κ2) is 7.58. The number of carbonyl (C=O) groups excluding carboxylic acids is 2. The number of ether oxygens (including phenoxy) is 1. The van der Waals surface area contributed by atoms with Gasteiger partial charge in [-0.2, -0.15) is 10.1 Å². The Labute approximate surface area is 184 Å². The Morgan fingerprint density at radius 2 is 1.81 bits per heavy atom. The predicted octanol–water partition coefficient (Wildman–Crippen LogP) is 3.00. The summed E-state index contributed by atoms with van der Waals surface area (Å²) in [6.07, 6.45) is 0. The number of amides is 2. The maximum absolute atomic E-state index is 13.1. The summed E-state index contributed by atoms with van der Waals surface area (Å²) in [7, 11) is 1.55. The van der Waals surface area contributed by atoms with E-state index in [0.717, 1.165) is 14.9 Å². The van der Waals surface area contributed by atoms with Crippen LogP contribution in [0.5, 0.6) is 5.75 Å². The number of carbonyl (C=O) groups is 2. The van der Waals surface area contributed by atoms with Crippen LogP contribution in [0.15, 0.2) is 67.9 Å². The molecule has 10 nitrogen and oxygen atoms in total.